The average Bonchev–Trinajstić information content (AvgIpc) is 3.27. The fourth-order valence-corrected chi connectivity index (χ4v) is 4.43. The minimum atomic E-state index is -0.679. The van der Waals surface area contributed by atoms with Gasteiger partial charge in [-0.25, -0.2) is 0 Å². The third-order valence-corrected chi connectivity index (χ3v) is 6.16. The summed E-state index contributed by atoms with van der Waals surface area (Å²) in [4.78, 5) is 27.5. The summed E-state index contributed by atoms with van der Waals surface area (Å²) >= 11 is 0. The van der Waals surface area contributed by atoms with Crippen LogP contribution in [0.3, 0.4) is 0 Å². The monoisotopic (exact) mass is 435 g/mol. The van der Waals surface area contributed by atoms with Crippen LogP contribution in [-0.4, -0.2) is 48.1 Å². The molecule has 2 atom stereocenters. The van der Waals surface area contributed by atoms with Crippen molar-refractivity contribution >= 4 is 17.4 Å². The van der Waals surface area contributed by atoms with Gasteiger partial charge in [-0.15, -0.1) is 0 Å². The van der Waals surface area contributed by atoms with E-state index in [1.165, 1.54) is 4.90 Å². The minimum absolute atomic E-state index is 0.0708. The Morgan fingerprint density at radius 1 is 1.19 bits per heavy atom. The Morgan fingerprint density at radius 3 is 2.56 bits per heavy atom. The van der Waals surface area contributed by atoms with Gasteiger partial charge in [-0.1, -0.05) is 38.1 Å². The van der Waals surface area contributed by atoms with Crippen LogP contribution in [0.5, 0.6) is 5.75 Å². The average molecular weight is 436 g/mol. The van der Waals surface area contributed by atoms with Gasteiger partial charge < -0.3 is 19.5 Å². The van der Waals surface area contributed by atoms with Crippen molar-refractivity contribution in [3.8, 4) is 5.75 Å². The first-order valence-electron chi connectivity index (χ1n) is 11.0. The van der Waals surface area contributed by atoms with E-state index in [1.54, 1.807) is 19.2 Å². The van der Waals surface area contributed by atoms with Crippen molar-refractivity contribution in [3.05, 3.63) is 70.3 Å². The van der Waals surface area contributed by atoms with Gasteiger partial charge in [0.1, 0.15) is 17.6 Å². The molecule has 2 aromatic carbocycles. The van der Waals surface area contributed by atoms with Gasteiger partial charge in [0.25, 0.3) is 11.7 Å². The van der Waals surface area contributed by atoms with Crippen LogP contribution in [0.15, 0.2) is 48.0 Å². The molecule has 6 heteroatoms. The van der Waals surface area contributed by atoms with E-state index in [4.69, 9.17) is 9.47 Å². The highest BCUT2D eigenvalue weighted by atomic mass is 16.5. The molecular weight excluding hydrogens is 406 g/mol. The highest BCUT2D eigenvalue weighted by Gasteiger charge is 2.46. The number of ketones is 1. The maximum absolute atomic E-state index is 13.1. The van der Waals surface area contributed by atoms with E-state index < -0.39 is 17.7 Å². The van der Waals surface area contributed by atoms with Crippen LogP contribution in [0.2, 0.25) is 0 Å². The first kappa shape index (κ1) is 22.1. The number of hydrogen-bond donors (Lipinski definition) is 1. The molecule has 0 aromatic heterocycles. The minimum Gasteiger partial charge on any atom is -0.507 e. The number of rotatable bonds is 6. The maximum atomic E-state index is 13.1. The highest BCUT2D eigenvalue weighted by molar-refractivity contribution is 6.46. The first-order chi connectivity index (χ1) is 15.3. The van der Waals surface area contributed by atoms with Gasteiger partial charge in [0.2, 0.25) is 0 Å². The normalized spacial score (nSPS) is 21.8. The van der Waals surface area contributed by atoms with Crippen molar-refractivity contribution in [1.29, 1.82) is 0 Å². The summed E-state index contributed by atoms with van der Waals surface area (Å²) in [6, 6.07) is 12.6. The molecule has 0 spiro atoms. The van der Waals surface area contributed by atoms with Crippen molar-refractivity contribution < 1.29 is 24.2 Å². The zero-order valence-electron chi connectivity index (χ0n) is 18.9. The zero-order valence-corrected chi connectivity index (χ0v) is 18.9. The summed E-state index contributed by atoms with van der Waals surface area (Å²) in [6.07, 6.45) is 0.806. The predicted molar refractivity (Wildman–Crippen MR) is 122 cm³/mol. The van der Waals surface area contributed by atoms with Crippen LogP contribution >= 0.6 is 0 Å². The molecule has 2 aliphatic rings. The molecule has 1 saturated heterocycles. The number of fused-ring (bicyclic) bond motifs is 1. The lowest BCUT2D eigenvalue weighted by Gasteiger charge is -2.25. The third-order valence-electron chi connectivity index (χ3n) is 6.16. The standard InChI is InChI=1S/C26H29NO5/c1-15(2)17-5-7-18(8-6-17)23-22(25(29)26(30)27(23)11-12-31-4)24(28)19-9-10-21-20(14-19)13-16(3)32-21/h5-10,14-16,23,28H,11-13H2,1-4H3/t16-,23+/m1/s1. The number of nitrogens with zero attached hydrogens (tertiary/aromatic N) is 1. The summed E-state index contributed by atoms with van der Waals surface area (Å²) in [7, 11) is 1.55. The van der Waals surface area contributed by atoms with Gasteiger partial charge in [0.15, 0.2) is 0 Å². The molecule has 2 aliphatic heterocycles. The van der Waals surface area contributed by atoms with E-state index in [0.717, 1.165) is 28.9 Å². The van der Waals surface area contributed by atoms with Crippen molar-refractivity contribution in [2.24, 2.45) is 0 Å². The van der Waals surface area contributed by atoms with E-state index >= 15 is 0 Å². The lowest BCUT2D eigenvalue weighted by molar-refractivity contribution is -0.140. The molecule has 0 radical (unpaired) electrons. The number of carbonyl (C=O) groups is 2. The number of aliphatic hydroxyl groups is 1. The Balaban J connectivity index is 1.81. The maximum Gasteiger partial charge on any atom is 0.295 e. The molecule has 32 heavy (non-hydrogen) atoms. The van der Waals surface area contributed by atoms with Crippen molar-refractivity contribution in [3.63, 3.8) is 0 Å². The molecule has 1 amide bonds. The SMILES string of the molecule is COCCN1C(=O)C(=O)C(=C(O)c2ccc3c(c2)C[C@@H](C)O3)[C@@H]1c1ccc(C(C)C)cc1. The molecule has 0 unspecified atom stereocenters. The summed E-state index contributed by atoms with van der Waals surface area (Å²) in [5.41, 5.74) is 3.54. The molecule has 1 fully saturated rings. The largest absolute Gasteiger partial charge is 0.507 e. The van der Waals surface area contributed by atoms with Crippen LogP contribution in [0, 0.1) is 0 Å². The first-order valence-corrected chi connectivity index (χ1v) is 11.0. The van der Waals surface area contributed by atoms with Gasteiger partial charge in [0.05, 0.1) is 18.2 Å². The molecular formula is C26H29NO5. The predicted octanol–water partition coefficient (Wildman–Crippen LogP) is 4.20. The molecule has 1 N–H and O–H groups in total. The van der Waals surface area contributed by atoms with E-state index in [2.05, 4.69) is 13.8 Å². The molecule has 2 aromatic rings. The fourth-order valence-electron chi connectivity index (χ4n) is 4.43. The number of likely N-dealkylation sites (tertiary alicyclic amines) is 1. The van der Waals surface area contributed by atoms with Crippen molar-refractivity contribution in [2.45, 2.75) is 45.3 Å². The number of aliphatic hydroxyl groups excluding tert-OH is 1. The molecule has 0 bridgehead atoms. The number of hydrogen-bond acceptors (Lipinski definition) is 5. The number of ether oxygens (including phenoxy) is 2. The van der Waals surface area contributed by atoms with Crippen LogP contribution in [0.1, 0.15) is 55.0 Å². The third kappa shape index (κ3) is 3.91. The summed E-state index contributed by atoms with van der Waals surface area (Å²) in [5, 5.41) is 11.2. The van der Waals surface area contributed by atoms with Gasteiger partial charge in [-0.3, -0.25) is 9.59 Å². The van der Waals surface area contributed by atoms with E-state index in [1.807, 2.05) is 37.3 Å². The lowest BCUT2D eigenvalue weighted by atomic mass is 9.92. The Labute approximate surface area is 188 Å². The second kappa shape index (κ2) is 8.79. The molecule has 0 saturated carbocycles. The fraction of sp³-hybridized carbons (Fsp3) is 0.385. The van der Waals surface area contributed by atoms with Crippen molar-refractivity contribution in [1.82, 2.24) is 4.90 Å². The summed E-state index contributed by atoms with van der Waals surface area (Å²) < 4.78 is 10.9. The van der Waals surface area contributed by atoms with Gasteiger partial charge in [-0.2, -0.15) is 0 Å². The number of amides is 1. The van der Waals surface area contributed by atoms with Gasteiger partial charge in [0, 0.05) is 25.6 Å². The van der Waals surface area contributed by atoms with E-state index in [0.29, 0.717) is 18.1 Å². The van der Waals surface area contributed by atoms with Crippen LogP contribution < -0.4 is 4.74 Å². The second-order valence-electron chi connectivity index (χ2n) is 8.76. The van der Waals surface area contributed by atoms with E-state index in [-0.39, 0.29) is 24.0 Å². The van der Waals surface area contributed by atoms with Crippen LogP contribution in [0.4, 0.5) is 0 Å². The molecule has 2 heterocycles. The highest BCUT2D eigenvalue weighted by Crippen LogP contribution is 2.40. The van der Waals surface area contributed by atoms with Gasteiger partial charge in [-0.05, 0) is 47.7 Å². The van der Waals surface area contributed by atoms with Gasteiger partial charge >= 0.3 is 0 Å². The Bertz CT molecular complexity index is 1070. The molecule has 6 nitrogen and oxygen atoms in total. The topological polar surface area (TPSA) is 76.1 Å². The molecule has 0 aliphatic carbocycles. The molecule has 168 valence electrons. The van der Waals surface area contributed by atoms with Crippen LogP contribution in [0.25, 0.3) is 5.76 Å². The summed E-state index contributed by atoms with van der Waals surface area (Å²) in [6.45, 7) is 6.75. The number of Topliss-reactive ketones (excluding diaryl/α,β-unsaturated/α-hetero) is 1. The lowest BCUT2D eigenvalue weighted by Crippen LogP contribution is -2.32. The Kier molecular flexibility index (Phi) is 6.07. The smallest absolute Gasteiger partial charge is 0.295 e. The summed E-state index contributed by atoms with van der Waals surface area (Å²) in [5.74, 6) is -0.319. The quantitative estimate of drug-likeness (QED) is 0.418. The number of methoxy groups -OCH3 is 1. The van der Waals surface area contributed by atoms with E-state index in [9.17, 15) is 14.7 Å². The second-order valence-corrected chi connectivity index (χ2v) is 8.76. The number of benzene rings is 2. The molecule has 4 rings (SSSR count). The zero-order chi connectivity index (χ0) is 23.0. The van der Waals surface area contributed by atoms with Crippen LogP contribution in [-0.2, 0) is 20.7 Å². The van der Waals surface area contributed by atoms with Crippen molar-refractivity contribution in [2.75, 3.05) is 20.3 Å². The number of carbonyl (C=O) groups excluding carboxylic acids is 2. The Hall–Kier alpha value is -3.12. The Morgan fingerprint density at radius 2 is 1.91 bits per heavy atom.